The first-order chi connectivity index (χ1) is 25.8. The zero-order chi connectivity index (χ0) is 36.7. The second kappa shape index (κ2) is 16.5. The number of likely N-dealkylation sites (tertiary alicyclic amines) is 1. The molecule has 7 heteroatoms. The molecule has 2 atom stereocenters. The number of rotatable bonds is 13. The van der Waals surface area contributed by atoms with Gasteiger partial charge in [0.25, 0.3) is 5.91 Å². The second-order valence-corrected chi connectivity index (χ2v) is 14.7. The molecule has 2 unspecified atom stereocenters. The minimum Gasteiger partial charge on any atom is -0.488 e. The molecule has 1 saturated heterocycles. The van der Waals surface area contributed by atoms with Crippen molar-refractivity contribution in [2.24, 2.45) is 5.92 Å². The van der Waals surface area contributed by atoms with E-state index in [2.05, 4.69) is 49.1 Å². The van der Waals surface area contributed by atoms with Gasteiger partial charge in [-0.2, -0.15) is 0 Å². The number of carbonyl (C=O) groups excluding carboxylic acids is 1. The van der Waals surface area contributed by atoms with Gasteiger partial charge in [0.05, 0.1) is 11.5 Å². The Bertz CT molecular complexity index is 2010. The fourth-order valence-electron chi connectivity index (χ4n) is 7.64. The summed E-state index contributed by atoms with van der Waals surface area (Å²) in [5.74, 6) is 0.268. The fourth-order valence-corrected chi connectivity index (χ4v) is 7.64. The Morgan fingerprint density at radius 1 is 0.717 bits per heavy atom. The molecule has 53 heavy (non-hydrogen) atoms. The molecule has 5 aromatic rings. The van der Waals surface area contributed by atoms with Gasteiger partial charge in [0.1, 0.15) is 24.7 Å². The molecule has 2 aliphatic rings. The highest BCUT2D eigenvalue weighted by Gasteiger charge is 2.33. The van der Waals surface area contributed by atoms with Crippen LogP contribution in [-0.2, 0) is 44.1 Å². The Kier molecular flexibility index (Phi) is 11.2. The average molecular weight is 709 g/mol. The van der Waals surface area contributed by atoms with Crippen LogP contribution < -0.4 is 9.47 Å². The molecule has 1 N–H and O–H groups in total. The third kappa shape index (κ3) is 8.81. The molecule has 7 rings (SSSR count). The summed E-state index contributed by atoms with van der Waals surface area (Å²) in [7, 11) is 0. The normalized spacial score (nSPS) is 17.1. The minimum atomic E-state index is -0.700. The molecule has 2 heterocycles. The summed E-state index contributed by atoms with van der Waals surface area (Å²) in [5, 5.41) is 9.81. The van der Waals surface area contributed by atoms with Crippen molar-refractivity contribution in [3.05, 3.63) is 166 Å². The number of amides is 1. The molecule has 272 valence electrons. The molecule has 2 aliphatic heterocycles. The van der Waals surface area contributed by atoms with Crippen molar-refractivity contribution >= 4 is 11.9 Å². The summed E-state index contributed by atoms with van der Waals surface area (Å²) in [6, 6.07) is 41.0. The first kappa shape index (κ1) is 36.0. The van der Waals surface area contributed by atoms with E-state index in [1.165, 1.54) is 11.1 Å². The lowest BCUT2D eigenvalue weighted by molar-refractivity contribution is -0.144. The molecule has 0 bridgehead atoms. The third-order valence-electron chi connectivity index (χ3n) is 10.6. The van der Waals surface area contributed by atoms with Crippen molar-refractivity contribution in [3.63, 3.8) is 0 Å². The van der Waals surface area contributed by atoms with Gasteiger partial charge in [-0.25, -0.2) is 0 Å². The van der Waals surface area contributed by atoms with E-state index in [4.69, 9.17) is 9.47 Å². The number of carboxylic acids is 1. The zero-order valence-corrected chi connectivity index (χ0v) is 30.6. The number of hydrogen-bond donors (Lipinski definition) is 1. The van der Waals surface area contributed by atoms with E-state index < -0.39 is 5.97 Å². The minimum absolute atomic E-state index is 0.0685. The molecular weight excluding hydrogens is 661 g/mol. The van der Waals surface area contributed by atoms with Crippen LogP contribution in [-0.4, -0.2) is 39.4 Å². The number of carbonyl (C=O) groups is 2. The first-order valence-electron chi connectivity index (χ1n) is 18.7. The van der Waals surface area contributed by atoms with Crippen molar-refractivity contribution in [2.75, 3.05) is 6.54 Å². The molecule has 5 aromatic carbocycles. The summed E-state index contributed by atoms with van der Waals surface area (Å²) in [4.78, 5) is 30.8. The summed E-state index contributed by atoms with van der Waals surface area (Å²) >= 11 is 0. The Morgan fingerprint density at radius 3 is 1.94 bits per heavy atom. The largest absolute Gasteiger partial charge is 0.488 e. The van der Waals surface area contributed by atoms with Crippen molar-refractivity contribution in [3.8, 4) is 11.5 Å². The lowest BCUT2D eigenvalue weighted by Crippen LogP contribution is -2.45. The molecule has 1 fully saturated rings. The van der Waals surface area contributed by atoms with Crippen LogP contribution in [0.15, 0.2) is 121 Å². The van der Waals surface area contributed by atoms with Crippen molar-refractivity contribution < 1.29 is 24.2 Å². The summed E-state index contributed by atoms with van der Waals surface area (Å²) in [5.41, 5.74) is 8.28. The monoisotopic (exact) mass is 708 g/mol. The summed E-state index contributed by atoms with van der Waals surface area (Å²) in [6.45, 7) is 7.50. The number of benzene rings is 5. The van der Waals surface area contributed by atoms with Gasteiger partial charge in [0, 0.05) is 31.7 Å². The zero-order valence-electron chi connectivity index (χ0n) is 30.6. The number of ether oxygens (including phenoxy) is 2. The van der Waals surface area contributed by atoms with Gasteiger partial charge in [-0.3, -0.25) is 14.5 Å². The lowest BCUT2D eigenvalue weighted by Gasteiger charge is -2.38. The van der Waals surface area contributed by atoms with Crippen LogP contribution >= 0.6 is 0 Å². The first-order valence-corrected chi connectivity index (χ1v) is 18.7. The number of nitrogens with zero attached hydrogens (tertiary/aromatic N) is 2. The van der Waals surface area contributed by atoms with Gasteiger partial charge >= 0.3 is 5.97 Å². The van der Waals surface area contributed by atoms with Crippen LogP contribution in [0.2, 0.25) is 0 Å². The molecule has 0 aliphatic carbocycles. The number of fused-ring (bicyclic) bond motifs is 1. The summed E-state index contributed by atoms with van der Waals surface area (Å²) in [6.07, 6.45) is 2.11. The van der Waals surface area contributed by atoms with Gasteiger partial charge in [-0.15, -0.1) is 0 Å². The highest BCUT2D eigenvalue weighted by atomic mass is 16.5. The standard InChI is InChI=1S/C46H48N2O5/c1-32(2)41-25-42(44(53-31-35-16-10-5-11-17-35)26-43(41)52-30-34-14-8-4-9-15-34)45(49)48-28-38-19-18-36(22-39(38)29-48)27-47-21-20-37(46(50)51)24-40(47)23-33-12-6-3-7-13-33/h3-19,22,25-26,32,37,40H,20-21,23-24,27-31H2,1-2H3,(H,50,51). The maximum Gasteiger partial charge on any atom is 0.306 e. The van der Waals surface area contributed by atoms with Crippen LogP contribution in [0.1, 0.15) is 81.9 Å². The number of hydrogen-bond acceptors (Lipinski definition) is 5. The Hall–Kier alpha value is -5.40. The quantitative estimate of drug-likeness (QED) is 0.132. The molecule has 0 radical (unpaired) electrons. The Balaban J connectivity index is 1.10. The van der Waals surface area contributed by atoms with Gasteiger partial charge in [-0.1, -0.05) is 123 Å². The van der Waals surface area contributed by atoms with Gasteiger partial charge in [-0.05, 0) is 76.7 Å². The van der Waals surface area contributed by atoms with E-state index in [1.807, 2.05) is 95.9 Å². The van der Waals surface area contributed by atoms with E-state index in [9.17, 15) is 14.7 Å². The predicted octanol–water partition coefficient (Wildman–Crippen LogP) is 9.03. The van der Waals surface area contributed by atoms with E-state index in [0.717, 1.165) is 53.1 Å². The van der Waals surface area contributed by atoms with Crippen LogP contribution in [0, 0.1) is 5.92 Å². The van der Waals surface area contributed by atoms with Gasteiger partial charge < -0.3 is 19.5 Å². The lowest BCUT2D eigenvalue weighted by atomic mass is 9.87. The van der Waals surface area contributed by atoms with E-state index in [1.54, 1.807) is 0 Å². The highest BCUT2D eigenvalue weighted by molar-refractivity contribution is 5.98. The second-order valence-electron chi connectivity index (χ2n) is 14.7. The molecule has 0 aromatic heterocycles. The summed E-state index contributed by atoms with van der Waals surface area (Å²) < 4.78 is 12.8. The Labute approximate surface area is 312 Å². The van der Waals surface area contributed by atoms with Crippen molar-refractivity contribution in [1.29, 1.82) is 0 Å². The number of piperidine rings is 1. The predicted molar refractivity (Wildman–Crippen MR) is 207 cm³/mol. The molecule has 0 saturated carbocycles. The smallest absolute Gasteiger partial charge is 0.306 e. The van der Waals surface area contributed by atoms with E-state index in [0.29, 0.717) is 50.5 Å². The molecular formula is C46H48N2O5. The maximum absolute atomic E-state index is 14.5. The van der Waals surface area contributed by atoms with Gasteiger partial charge in [0.2, 0.25) is 0 Å². The Morgan fingerprint density at radius 2 is 1.32 bits per heavy atom. The van der Waals surface area contributed by atoms with Crippen LogP contribution in [0.5, 0.6) is 11.5 Å². The molecule has 7 nitrogen and oxygen atoms in total. The molecule has 0 spiro atoms. The van der Waals surface area contributed by atoms with Crippen molar-refractivity contribution in [2.45, 2.75) is 77.9 Å². The topological polar surface area (TPSA) is 79.3 Å². The maximum atomic E-state index is 14.5. The highest BCUT2D eigenvalue weighted by Crippen LogP contribution is 2.37. The van der Waals surface area contributed by atoms with E-state index >= 15 is 0 Å². The molecule has 1 amide bonds. The van der Waals surface area contributed by atoms with Gasteiger partial charge in [0.15, 0.2) is 0 Å². The average Bonchev–Trinajstić information content (AvgIpc) is 3.61. The van der Waals surface area contributed by atoms with E-state index in [-0.39, 0.29) is 23.8 Å². The van der Waals surface area contributed by atoms with Crippen molar-refractivity contribution in [1.82, 2.24) is 9.80 Å². The fraction of sp³-hybridized carbons (Fsp3) is 0.304. The van der Waals surface area contributed by atoms with Crippen LogP contribution in [0.25, 0.3) is 0 Å². The number of aliphatic carboxylic acids is 1. The third-order valence-corrected chi connectivity index (χ3v) is 10.6. The van der Waals surface area contributed by atoms with Crippen LogP contribution in [0.4, 0.5) is 0 Å². The number of carboxylic acid groups (broad SMARTS) is 1. The van der Waals surface area contributed by atoms with Crippen LogP contribution in [0.3, 0.4) is 0 Å². The SMILES string of the molecule is CC(C)c1cc(C(=O)N2Cc3ccc(CN4CCC(C(=O)O)CC4Cc4ccccc4)cc3C2)c(OCc2ccccc2)cc1OCc1ccccc1.